The Hall–Kier alpha value is -2.13. The Kier molecular flexibility index (Phi) is 3.52. The molecule has 108 valence electrons. The standard InChI is InChI=1S/C18H19NO2/c1-13-12-16(13)19-17(20)18(21,14-8-4-2-5-9-14)15-10-6-3-7-11-15/h2-11,13,16,21H,12H2,1H3,(H,19,20). The molecule has 1 aliphatic rings. The molecule has 2 unspecified atom stereocenters. The van der Waals surface area contributed by atoms with Crippen molar-refractivity contribution in [2.24, 2.45) is 5.92 Å². The molecule has 3 nitrogen and oxygen atoms in total. The summed E-state index contributed by atoms with van der Waals surface area (Å²) in [6, 6.07) is 18.4. The van der Waals surface area contributed by atoms with Crippen molar-refractivity contribution in [2.75, 3.05) is 0 Å². The fraction of sp³-hybridized carbons (Fsp3) is 0.278. The smallest absolute Gasteiger partial charge is 0.261 e. The summed E-state index contributed by atoms with van der Waals surface area (Å²) >= 11 is 0. The third kappa shape index (κ3) is 2.57. The molecule has 1 fully saturated rings. The van der Waals surface area contributed by atoms with Crippen molar-refractivity contribution in [1.29, 1.82) is 0 Å². The van der Waals surface area contributed by atoms with Crippen LogP contribution in [-0.4, -0.2) is 17.1 Å². The predicted molar refractivity (Wildman–Crippen MR) is 81.6 cm³/mol. The lowest BCUT2D eigenvalue weighted by Gasteiger charge is -2.28. The van der Waals surface area contributed by atoms with Crippen LogP contribution < -0.4 is 5.32 Å². The van der Waals surface area contributed by atoms with E-state index in [2.05, 4.69) is 12.2 Å². The van der Waals surface area contributed by atoms with E-state index in [1.54, 1.807) is 24.3 Å². The Morgan fingerprint density at radius 2 is 1.48 bits per heavy atom. The van der Waals surface area contributed by atoms with Gasteiger partial charge in [-0.15, -0.1) is 0 Å². The second-order valence-corrected chi connectivity index (χ2v) is 5.74. The Labute approximate surface area is 124 Å². The molecule has 0 spiro atoms. The van der Waals surface area contributed by atoms with Crippen molar-refractivity contribution in [3.8, 4) is 0 Å². The molecule has 1 amide bonds. The van der Waals surface area contributed by atoms with Crippen LogP contribution in [0.5, 0.6) is 0 Å². The zero-order chi connectivity index (χ0) is 14.9. The zero-order valence-electron chi connectivity index (χ0n) is 12.0. The van der Waals surface area contributed by atoms with E-state index in [-0.39, 0.29) is 11.9 Å². The summed E-state index contributed by atoms with van der Waals surface area (Å²) in [5.41, 5.74) is -0.478. The number of benzene rings is 2. The maximum absolute atomic E-state index is 12.7. The molecule has 0 radical (unpaired) electrons. The highest BCUT2D eigenvalue weighted by Gasteiger charge is 2.44. The minimum atomic E-state index is -1.65. The first kappa shape index (κ1) is 13.8. The molecule has 2 N–H and O–H groups in total. The molecule has 0 aliphatic heterocycles. The van der Waals surface area contributed by atoms with Crippen LogP contribution in [0.2, 0.25) is 0 Å². The fourth-order valence-electron chi connectivity index (χ4n) is 2.58. The minimum Gasteiger partial charge on any atom is -0.372 e. The van der Waals surface area contributed by atoms with Crippen LogP contribution in [0.4, 0.5) is 0 Å². The van der Waals surface area contributed by atoms with Crippen molar-refractivity contribution in [3.05, 3.63) is 71.8 Å². The summed E-state index contributed by atoms with van der Waals surface area (Å²) in [5.74, 6) is 0.138. The van der Waals surface area contributed by atoms with E-state index in [1.807, 2.05) is 36.4 Å². The molecule has 0 heterocycles. The van der Waals surface area contributed by atoms with Gasteiger partial charge in [-0.05, 0) is 23.5 Å². The van der Waals surface area contributed by atoms with Crippen LogP contribution in [0.3, 0.4) is 0 Å². The fourth-order valence-corrected chi connectivity index (χ4v) is 2.58. The molecule has 21 heavy (non-hydrogen) atoms. The Morgan fingerprint density at radius 3 is 1.86 bits per heavy atom. The Morgan fingerprint density at radius 1 is 1.05 bits per heavy atom. The molecule has 1 aliphatic carbocycles. The molecule has 0 saturated heterocycles. The van der Waals surface area contributed by atoms with Crippen molar-refractivity contribution >= 4 is 5.91 Å². The van der Waals surface area contributed by atoms with E-state index in [9.17, 15) is 9.90 Å². The van der Waals surface area contributed by atoms with E-state index >= 15 is 0 Å². The van der Waals surface area contributed by atoms with Gasteiger partial charge in [0.1, 0.15) is 0 Å². The molecule has 1 saturated carbocycles. The summed E-state index contributed by atoms with van der Waals surface area (Å²) in [4.78, 5) is 12.7. The van der Waals surface area contributed by atoms with E-state index in [0.29, 0.717) is 17.0 Å². The van der Waals surface area contributed by atoms with Gasteiger partial charge in [-0.3, -0.25) is 4.79 Å². The van der Waals surface area contributed by atoms with Crippen LogP contribution >= 0.6 is 0 Å². The summed E-state index contributed by atoms with van der Waals surface area (Å²) in [6.07, 6.45) is 0.978. The van der Waals surface area contributed by atoms with Crippen molar-refractivity contribution in [2.45, 2.75) is 25.0 Å². The molecule has 2 aromatic rings. The average Bonchev–Trinajstić information content (AvgIpc) is 3.23. The SMILES string of the molecule is CC1CC1NC(=O)C(O)(c1ccccc1)c1ccccc1. The van der Waals surface area contributed by atoms with Gasteiger partial charge in [0, 0.05) is 6.04 Å². The molecule has 0 bridgehead atoms. The first-order chi connectivity index (χ1) is 10.1. The molecule has 0 aromatic heterocycles. The maximum atomic E-state index is 12.7. The summed E-state index contributed by atoms with van der Waals surface area (Å²) in [6.45, 7) is 2.09. The van der Waals surface area contributed by atoms with Crippen LogP contribution in [0, 0.1) is 5.92 Å². The molecular formula is C18H19NO2. The Balaban J connectivity index is 2.00. The van der Waals surface area contributed by atoms with Gasteiger partial charge in [0.2, 0.25) is 0 Å². The number of carbonyl (C=O) groups is 1. The lowest BCUT2D eigenvalue weighted by molar-refractivity contribution is -0.136. The third-order valence-corrected chi connectivity index (χ3v) is 4.14. The molecule has 2 atom stereocenters. The first-order valence-corrected chi connectivity index (χ1v) is 7.26. The number of nitrogens with one attached hydrogen (secondary N) is 1. The topological polar surface area (TPSA) is 49.3 Å². The average molecular weight is 281 g/mol. The number of hydrogen-bond acceptors (Lipinski definition) is 2. The van der Waals surface area contributed by atoms with Gasteiger partial charge in [-0.25, -0.2) is 0 Å². The van der Waals surface area contributed by atoms with E-state index in [4.69, 9.17) is 0 Å². The lowest BCUT2D eigenvalue weighted by atomic mass is 9.85. The number of rotatable bonds is 4. The van der Waals surface area contributed by atoms with E-state index in [1.165, 1.54) is 0 Å². The van der Waals surface area contributed by atoms with Crippen LogP contribution in [0.25, 0.3) is 0 Å². The summed E-state index contributed by atoms with van der Waals surface area (Å²) in [7, 11) is 0. The monoisotopic (exact) mass is 281 g/mol. The molecular weight excluding hydrogens is 262 g/mol. The second kappa shape index (κ2) is 5.34. The maximum Gasteiger partial charge on any atom is 0.261 e. The largest absolute Gasteiger partial charge is 0.372 e. The number of aliphatic hydroxyl groups is 1. The summed E-state index contributed by atoms with van der Waals surface area (Å²) in [5, 5.41) is 14.1. The number of amides is 1. The van der Waals surface area contributed by atoms with E-state index < -0.39 is 5.60 Å². The van der Waals surface area contributed by atoms with Crippen LogP contribution in [0.1, 0.15) is 24.5 Å². The number of hydrogen-bond donors (Lipinski definition) is 2. The van der Waals surface area contributed by atoms with Crippen molar-refractivity contribution in [1.82, 2.24) is 5.32 Å². The second-order valence-electron chi connectivity index (χ2n) is 5.74. The van der Waals surface area contributed by atoms with Gasteiger partial charge < -0.3 is 10.4 Å². The van der Waals surface area contributed by atoms with Gasteiger partial charge in [-0.1, -0.05) is 67.6 Å². The van der Waals surface area contributed by atoms with Crippen molar-refractivity contribution < 1.29 is 9.90 Å². The lowest BCUT2D eigenvalue weighted by Crippen LogP contribution is -2.46. The molecule has 2 aromatic carbocycles. The first-order valence-electron chi connectivity index (χ1n) is 7.26. The quantitative estimate of drug-likeness (QED) is 0.904. The normalized spacial score (nSPS) is 20.9. The van der Waals surface area contributed by atoms with Crippen molar-refractivity contribution in [3.63, 3.8) is 0 Å². The van der Waals surface area contributed by atoms with Crippen LogP contribution in [-0.2, 0) is 10.4 Å². The third-order valence-electron chi connectivity index (χ3n) is 4.14. The van der Waals surface area contributed by atoms with Gasteiger partial charge in [-0.2, -0.15) is 0 Å². The van der Waals surface area contributed by atoms with Gasteiger partial charge in [0.25, 0.3) is 5.91 Å². The number of carbonyl (C=O) groups excluding carboxylic acids is 1. The highest BCUT2D eigenvalue weighted by atomic mass is 16.3. The predicted octanol–water partition coefficient (Wildman–Crippen LogP) is 2.45. The summed E-state index contributed by atoms with van der Waals surface area (Å²) < 4.78 is 0. The van der Waals surface area contributed by atoms with Gasteiger partial charge in [0.15, 0.2) is 5.60 Å². The zero-order valence-corrected chi connectivity index (χ0v) is 12.0. The minimum absolute atomic E-state index is 0.177. The van der Waals surface area contributed by atoms with Crippen LogP contribution in [0.15, 0.2) is 60.7 Å². The van der Waals surface area contributed by atoms with Gasteiger partial charge >= 0.3 is 0 Å². The highest BCUT2D eigenvalue weighted by Crippen LogP contribution is 2.34. The van der Waals surface area contributed by atoms with E-state index in [0.717, 1.165) is 6.42 Å². The van der Waals surface area contributed by atoms with Gasteiger partial charge in [0.05, 0.1) is 0 Å². The highest BCUT2D eigenvalue weighted by molar-refractivity contribution is 5.90. The molecule has 3 rings (SSSR count). The Bertz CT molecular complexity index is 585. The molecule has 3 heteroatoms.